The van der Waals surface area contributed by atoms with E-state index in [-0.39, 0.29) is 29.5 Å². The summed E-state index contributed by atoms with van der Waals surface area (Å²) in [5, 5.41) is 16.8. The van der Waals surface area contributed by atoms with Crippen molar-refractivity contribution in [2.45, 2.75) is 69.5 Å². The Morgan fingerprint density at radius 2 is 1.85 bits per heavy atom. The highest BCUT2D eigenvalue weighted by Crippen LogP contribution is 2.55. The third-order valence-electron chi connectivity index (χ3n) is 8.56. The van der Waals surface area contributed by atoms with E-state index in [0.29, 0.717) is 31.6 Å². The van der Waals surface area contributed by atoms with E-state index in [2.05, 4.69) is 26.1 Å². The van der Waals surface area contributed by atoms with Crippen molar-refractivity contribution >= 4 is 29.4 Å². The van der Waals surface area contributed by atoms with Gasteiger partial charge in [-0.25, -0.2) is 0 Å². The van der Waals surface area contributed by atoms with Crippen LogP contribution in [0, 0.1) is 11.3 Å². The van der Waals surface area contributed by atoms with Crippen LogP contribution in [0.3, 0.4) is 0 Å². The van der Waals surface area contributed by atoms with E-state index in [1.165, 1.54) is 15.9 Å². The van der Waals surface area contributed by atoms with E-state index in [9.17, 15) is 24.0 Å². The molecule has 1 aromatic heterocycles. The van der Waals surface area contributed by atoms with Crippen LogP contribution in [0.25, 0.3) is 5.69 Å². The van der Waals surface area contributed by atoms with Crippen molar-refractivity contribution < 1.29 is 24.0 Å². The molecule has 3 N–H and O–H groups in total. The Labute approximate surface area is 231 Å². The summed E-state index contributed by atoms with van der Waals surface area (Å²) < 4.78 is 0. The Bertz CT molecular complexity index is 1330. The normalized spacial score (nSPS) is 23.8. The first-order valence-electron chi connectivity index (χ1n) is 14.0. The zero-order valence-corrected chi connectivity index (χ0v) is 22.2. The average molecular weight is 548 g/mol. The molecule has 12 nitrogen and oxygen atoms in total. The first kappa shape index (κ1) is 26.1. The minimum Gasteiger partial charge on any atom is -0.356 e. The summed E-state index contributed by atoms with van der Waals surface area (Å²) in [6.45, 7) is 0.866. The molecule has 2 saturated heterocycles. The molecule has 2 aliphatic heterocycles. The number of carbonyl (C=O) groups excluding carboxylic acids is 5. The van der Waals surface area contributed by atoms with E-state index in [4.69, 9.17) is 0 Å². The van der Waals surface area contributed by atoms with Gasteiger partial charge in [0.15, 0.2) is 5.69 Å². The molecule has 210 valence electrons. The molecule has 12 heteroatoms. The minimum absolute atomic E-state index is 0.00856. The molecule has 3 atom stereocenters. The number of piperidine rings is 1. The standard InChI is InChI=1S/C28H33N7O5/c36-23(26(39)31-18-6-7-18)20(14-17-8-12-29-24(17)37)32-25(38)22-15-28(9-10-28)11-13-34(22)27(40)21-16-30-35(33-21)19-4-2-1-3-5-19/h1-5,16-18,20,22H,6-15H2,(H,29,37)(H,31,39)(H,32,38). The highest BCUT2D eigenvalue weighted by atomic mass is 16.2. The number of para-hydroxylation sites is 1. The van der Waals surface area contributed by atoms with E-state index in [1.54, 1.807) is 0 Å². The van der Waals surface area contributed by atoms with Crippen molar-refractivity contribution in [2.24, 2.45) is 11.3 Å². The number of likely N-dealkylation sites (tertiary alicyclic amines) is 1. The van der Waals surface area contributed by atoms with Gasteiger partial charge in [-0.2, -0.15) is 9.90 Å². The summed E-state index contributed by atoms with van der Waals surface area (Å²) in [6, 6.07) is 7.20. The van der Waals surface area contributed by atoms with Gasteiger partial charge in [0.25, 0.3) is 11.8 Å². The molecule has 0 bridgehead atoms. The summed E-state index contributed by atoms with van der Waals surface area (Å²) in [7, 11) is 0. The third-order valence-corrected chi connectivity index (χ3v) is 8.56. The maximum Gasteiger partial charge on any atom is 0.289 e. The molecule has 6 rings (SSSR count). The quantitative estimate of drug-likeness (QED) is 0.386. The van der Waals surface area contributed by atoms with Gasteiger partial charge in [-0.3, -0.25) is 24.0 Å². The van der Waals surface area contributed by atoms with Crippen molar-refractivity contribution in [3.05, 3.63) is 42.2 Å². The smallest absolute Gasteiger partial charge is 0.289 e. The maximum atomic E-state index is 13.8. The van der Waals surface area contributed by atoms with Crippen LogP contribution in [0.2, 0.25) is 0 Å². The molecule has 3 heterocycles. The lowest BCUT2D eigenvalue weighted by Gasteiger charge is -2.39. The second-order valence-electron chi connectivity index (χ2n) is 11.5. The maximum absolute atomic E-state index is 13.8. The van der Waals surface area contributed by atoms with Crippen molar-refractivity contribution in [3.63, 3.8) is 0 Å². The van der Waals surface area contributed by atoms with Crippen LogP contribution in [-0.4, -0.2) is 80.5 Å². The Kier molecular flexibility index (Phi) is 6.85. The van der Waals surface area contributed by atoms with Crippen LogP contribution in [0.4, 0.5) is 0 Å². The largest absolute Gasteiger partial charge is 0.356 e. The number of aromatic nitrogens is 3. The highest BCUT2D eigenvalue weighted by Gasteiger charge is 2.51. The predicted octanol–water partition coefficient (Wildman–Crippen LogP) is 0.511. The second kappa shape index (κ2) is 10.5. The number of Topliss-reactive ketones (excluding diaryl/α,β-unsaturated/α-hetero) is 1. The molecule has 3 unspecified atom stereocenters. The number of carbonyl (C=O) groups is 5. The third kappa shape index (κ3) is 5.47. The van der Waals surface area contributed by atoms with Gasteiger partial charge < -0.3 is 20.9 Å². The lowest BCUT2D eigenvalue weighted by atomic mass is 9.86. The van der Waals surface area contributed by atoms with Gasteiger partial charge in [0.2, 0.25) is 17.6 Å². The van der Waals surface area contributed by atoms with E-state index in [1.807, 2.05) is 30.3 Å². The molecular weight excluding hydrogens is 514 g/mol. The van der Waals surface area contributed by atoms with Crippen LogP contribution >= 0.6 is 0 Å². The number of benzene rings is 1. The SMILES string of the molecule is O=C(NC1CC1)C(=O)C(CC1CCNC1=O)NC(=O)C1CC2(CCN1C(=O)c1cnn(-c3ccccc3)n1)CC2. The molecule has 2 aromatic rings. The number of rotatable bonds is 9. The molecule has 4 amide bonds. The number of hydrogen-bond donors (Lipinski definition) is 3. The number of nitrogens with zero attached hydrogens (tertiary/aromatic N) is 4. The molecule has 1 aromatic carbocycles. The Morgan fingerprint density at radius 3 is 2.52 bits per heavy atom. The summed E-state index contributed by atoms with van der Waals surface area (Å²) >= 11 is 0. The zero-order chi connectivity index (χ0) is 27.9. The first-order valence-corrected chi connectivity index (χ1v) is 14.0. The number of hydrogen-bond acceptors (Lipinski definition) is 7. The van der Waals surface area contributed by atoms with E-state index >= 15 is 0 Å². The number of ketones is 1. The molecule has 2 aliphatic carbocycles. The van der Waals surface area contributed by atoms with Gasteiger partial charge in [0, 0.05) is 25.0 Å². The molecule has 40 heavy (non-hydrogen) atoms. The number of nitrogens with one attached hydrogen (secondary N) is 3. The summed E-state index contributed by atoms with van der Waals surface area (Å²) in [4.78, 5) is 68.4. The van der Waals surface area contributed by atoms with E-state index < -0.39 is 41.5 Å². The fraction of sp³-hybridized carbons (Fsp3) is 0.536. The summed E-state index contributed by atoms with van der Waals surface area (Å²) in [6.07, 6.45) is 6.80. The van der Waals surface area contributed by atoms with Crippen molar-refractivity contribution in [1.29, 1.82) is 0 Å². The predicted molar refractivity (Wildman–Crippen MR) is 141 cm³/mol. The Morgan fingerprint density at radius 1 is 1.07 bits per heavy atom. The van der Waals surface area contributed by atoms with E-state index in [0.717, 1.165) is 32.1 Å². The average Bonchev–Trinajstić information content (AvgIpc) is 3.84. The lowest BCUT2D eigenvalue weighted by Crippen LogP contribution is -2.58. The number of amides is 4. The molecule has 4 aliphatic rings. The van der Waals surface area contributed by atoms with Gasteiger partial charge in [-0.15, -0.1) is 5.10 Å². The summed E-state index contributed by atoms with van der Waals surface area (Å²) in [5.74, 6) is -3.09. The topological polar surface area (TPSA) is 155 Å². The van der Waals surface area contributed by atoms with Crippen molar-refractivity contribution in [1.82, 2.24) is 35.8 Å². The molecule has 1 spiro atoms. The van der Waals surface area contributed by atoms with Crippen molar-refractivity contribution in [3.8, 4) is 5.69 Å². The molecule has 2 saturated carbocycles. The van der Waals surface area contributed by atoms with Gasteiger partial charge >= 0.3 is 0 Å². The van der Waals surface area contributed by atoms with Crippen LogP contribution in [0.15, 0.2) is 36.5 Å². The molecular formula is C28H33N7O5. The van der Waals surface area contributed by atoms with Gasteiger partial charge in [-0.1, -0.05) is 18.2 Å². The highest BCUT2D eigenvalue weighted by molar-refractivity contribution is 6.38. The van der Waals surface area contributed by atoms with Crippen LogP contribution in [0.5, 0.6) is 0 Å². The van der Waals surface area contributed by atoms with Gasteiger partial charge in [-0.05, 0) is 68.9 Å². The lowest BCUT2D eigenvalue weighted by molar-refractivity contribution is -0.141. The second-order valence-corrected chi connectivity index (χ2v) is 11.5. The van der Waals surface area contributed by atoms with Crippen molar-refractivity contribution in [2.75, 3.05) is 13.1 Å². The minimum atomic E-state index is -1.16. The fourth-order valence-corrected chi connectivity index (χ4v) is 5.73. The Hall–Kier alpha value is -4.09. The first-order chi connectivity index (χ1) is 19.3. The van der Waals surface area contributed by atoms with Gasteiger partial charge in [0.1, 0.15) is 6.04 Å². The molecule has 4 fully saturated rings. The zero-order valence-electron chi connectivity index (χ0n) is 22.2. The fourth-order valence-electron chi connectivity index (χ4n) is 5.73. The van der Waals surface area contributed by atoms with Crippen LogP contribution in [-0.2, 0) is 19.2 Å². The summed E-state index contributed by atoms with van der Waals surface area (Å²) in [5.41, 5.74) is 0.829. The monoisotopic (exact) mass is 547 g/mol. The van der Waals surface area contributed by atoms with Gasteiger partial charge in [0.05, 0.1) is 17.9 Å². The Balaban J connectivity index is 1.21. The van der Waals surface area contributed by atoms with Crippen LogP contribution < -0.4 is 16.0 Å². The molecule has 0 radical (unpaired) electrons. The van der Waals surface area contributed by atoms with Crippen LogP contribution in [0.1, 0.15) is 61.9 Å².